The molecule has 0 saturated carbocycles. The van der Waals surface area contributed by atoms with Gasteiger partial charge in [0.05, 0.1) is 18.4 Å². The number of hydrogen-bond acceptors (Lipinski definition) is 3. The van der Waals surface area contributed by atoms with E-state index in [0.29, 0.717) is 6.42 Å². The normalized spacial score (nSPS) is 20.3. The number of para-hydroxylation sites is 1. The van der Waals surface area contributed by atoms with Crippen LogP contribution in [0.3, 0.4) is 0 Å². The molecule has 0 aliphatic carbocycles. The third kappa shape index (κ3) is 3.45. The van der Waals surface area contributed by atoms with Gasteiger partial charge in [-0.05, 0) is 24.1 Å². The van der Waals surface area contributed by atoms with Crippen LogP contribution in [0.5, 0.6) is 0 Å². The Bertz CT molecular complexity index is 731. The van der Waals surface area contributed by atoms with Gasteiger partial charge in [-0.15, -0.1) is 0 Å². The molecule has 1 aromatic heterocycles. The smallest absolute Gasteiger partial charge is 0.240 e. The first-order valence-corrected chi connectivity index (χ1v) is 7.86. The topological polar surface area (TPSA) is 81.2 Å². The minimum absolute atomic E-state index is 0.00693. The molecule has 0 spiro atoms. The maximum Gasteiger partial charge on any atom is 0.240 e. The van der Waals surface area contributed by atoms with Gasteiger partial charge in [0.1, 0.15) is 12.2 Å². The van der Waals surface area contributed by atoms with Gasteiger partial charge in [0.2, 0.25) is 11.8 Å². The van der Waals surface area contributed by atoms with Crippen LogP contribution in [0.25, 0.3) is 5.69 Å². The van der Waals surface area contributed by atoms with Gasteiger partial charge in [0, 0.05) is 19.0 Å². The molecule has 2 aromatic rings. The first-order chi connectivity index (χ1) is 11.5. The van der Waals surface area contributed by atoms with Crippen LogP contribution in [0.15, 0.2) is 42.7 Å². The summed E-state index contributed by atoms with van der Waals surface area (Å²) < 4.78 is 15.2. The van der Waals surface area contributed by atoms with Crippen LogP contribution < -0.4 is 5.73 Å². The minimum Gasteiger partial charge on any atom is -0.368 e. The Kier molecular flexibility index (Phi) is 4.59. The summed E-state index contributed by atoms with van der Waals surface area (Å²) in [6.45, 7) is -0.0598. The van der Waals surface area contributed by atoms with Gasteiger partial charge in [-0.25, -0.2) is 9.07 Å². The van der Waals surface area contributed by atoms with E-state index in [1.807, 2.05) is 36.5 Å². The molecule has 1 saturated heterocycles. The van der Waals surface area contributed by atoms with Crippen molar-refractivity contribution in [1.29, 1.82) is 0 Å². The van der Waals surface area contributed by atoms with Crippen molar-refractivity contribution in [3.8, 4) is 5.69 Å². The van der Waals surface area contributed by atoms with Gasteiger partial charge in [-0.3, -0.25) is 9.59 Å². The number of hydrogen-bond donors (Lipinski definition) is 1. The van der Waals surface area contributed by atoms with Crippen LogP contribution in [0, 0.1) is 0 Å². The first-order valence-electron chi connectivity index (χ1n) is 7.86. The van der Waals surface area contributed by atoms with Crippen LogP contribution in [-0.2, 0) is 16.0 Å². The average molecular weight is 330 g/mol. The van der Waals surface area contributed by atoms with Crippen molar-refractivity contribution >= 4 is 11.8 Å². The Morgan fingerprint density at radius 3 is 2.75 bits per heavy atom. The van der Waals surface area contributed by atoms with Crippen LogP contribution >= 0.6 is 0 Å². The Hall–Kier alpha value is -2.70. The van der Waals surface area contributed by atoms with Gasteiger partial charge in [0.25, 0.3) is 0 Å². The Morgan fingerprint density at radius 2 is 2.04 bits per heavy atom. The summed E-state index contributed by atoms with van der Waals surface area (Å²) in [7, 11) is 0. The maximum atomic E-state index is 13.5. The highest BCUT2D eigenvalue weighted by molar-refractivity contribution is 5.87. The summed E-state index contributed by atoms with van der Waals surface area (Å²) >= 11 is 0. The summed E-state index contributed by atoms with van der Waals surface area (Å²) in [5.74, 6) is -0.910. The lowest BCUT2D eigenvalue weighted by Gasteiger charge is -2.21. The number of aryl methyl sites for hydroxylation is 1. The minimum atomic E-state index is -1.19. The molecule has 2 amide bonds. The first kappa shape index (κ1) is 16.2. The van der Waals surface area contributed by atoms with Gasteiger partial charge >= 0.3 is 0 Å². The zero-order valence-corrected chi connectivity index (χ0v) is 13.1. The lowest BCUT2D eigenvalue weighted by atomic mass is 10.1. The Balaban J connectivity index is 1.61. The molecule has 1 aromatic carbocycles. The quantitative estimate of drug-likeness (QED) is 0.895. The molecule has 126 valence electrons. The number of nitrogens with zero attached hydrogens (tertiary/aromatic N) is 3. The van der Waals surface area contributed by atoms with Crippen LogP contribution in [0.2, 0.25) is 0 Å². The fourth-order valence-electron chi connectivity index (χ4n) is 2.94. The number of carbonyl (C=O) groups is 2. The number of halogens is 1. The summed E-state index contributed by atoms with van der Waals surface area (Å²) in [4.78, 5) is 24.9. The van der Waals surface area contributed by atoms with Gasteiger partial charge < -0.3 is 10.6 Å². The van der Waals surface area contributed by atoms with Crippen LogP contribution in [-0.4, -0.2) is 45.3 Å². The van der Waals surface area contributed by atoms with Gasteiger partial charge in [-0.1, -0.05) is 18.2 Å². The predicted octanol–water partition coefficient (Wildman–Crippen LogP) is 1.23. The molecule has 24 heavy (non-hydrogen) atoms. The van der Waals surface area contributed by atoms with Crippen molar-refractivity contribution in [3.63, 3.8) is 0 Å². The van der Waals surface area contributed by atoms with Crippen molar-refractivity contribution in [3.05, 3.63) is 48.3 Å². The van der Waals surface area contributed by atoms with Crippen LogP contribution in [0.1, 0.15) is 18.4 Å². The van der Waals surface area contributed by atoms with E-state index in [-0.39, 0.29) is 25.3 Å². The third-order valence-corrected chi connectivity index (χ3v) is 4.18. The number of rotatable bonds is 5. The molecule has 7 heteroatoms. The van der Waals surface area contributed by atoms with E-state index < -0.39 is 18.1 Å². The summed E-state index contributed by atoms with van der Waals surface area (Å²) in [6, 6.07) is 8.81. The van der Waals surface area contributed by atoms with Crippen molar-refractivity contribution in [2.45, 2.75) is 31.5 Å². The van der Waals surface area contributed by atoms with E-state index in [4.69, 9.17) is 5.73 Å². The highest BCUT2D eigenvalue weighted by Gasteiger charge is 2.38. The molecule has 2 N–H and O–H groups in total. The summed E-state index contributed by atoms with van der Waals surface area (Å²) in [5.41, 5.74) is 7.09. The molecule has 1 aliphatic heterocycles. The number of amides is 2. The predicted molar refractivity (Wildman–Crippen MR) is 86.1 cm³/mol. The zero-order chi connectivity index (χ0) is 17.1. The standard InChI is InChI=1S/C17H19FN4O2/c18-13-8-15(17(19)24)21(11-13)16(23)7-6-12-9-20-22(10-12)14-4-2-1-3-5-14/h1-5,9-10,13,15H,6-8,11H2,(H2,19,24)/t13-,15+/m1/s1. The van der Waals surface area contributed by atoms with E-state index >= 15 is 0 Å². The maximum absolute atomic E-state index is 13.5. The largest absolute Gasteiger partial charge is 0.368 e. The van der Waals surface area contributed by atoms with E-state index in [1.165, 1.54) is 4.90 Å². The van der Waals surface area contributed by atoms with E-state index in [0.717, 1.165) is 11.3 Å². The fourth-order valence-corrected chi connectivity index (χ4v) is 2.94. The number of nitrogens with two attached hydrogens (primary N) is 1. The highest BCUT2D eigenvalue weighted by Crippen LogP contribution is 2.21. The lowest BCUT2D eigenvalue weighted by Crippen LogP contribution is -2.43. The van der Waals surface area contributed by atoms with Crippen molar-refractivity contribution in [2.75, 3.05) is 6.54 Å². The van der Waals surface area contributed by atoms with Gasteiger partial charge in [0.15, 0.2) is 0 Å². The second kappa shape index (κ2) is 6.82. The third-order valence-electron chi connectivity index (χ3n) is 4.18. The molecule has 2 heterocycles. The molecule has 3 rings (SSSR count). The highest BCUT2D eigenvalue weighted by atomic mass is 19.1. The number of aromatic nitrogens is 2. The van der Waals surface area contributed by atoms with Crippen molar-refractivity contribution in [1.82, 2.24) is 14.7 Å². The fraction of sp³-hybridized carbons (Fsp3) is 0.353. The van der Waals surface area contributed by atoms with Gasteiger partial charge in [-0.2, -0.15) is 5.10 Å². The Morgan fingerprint density at radius 1 is 1.29 bits per heavy atom. The number of alkyl halides is 1. The molecular weight excluding hydrogens is 311 g/mol. The van der Waals surface area contributed by atoms with Crippen molar-refractivity contribution in [2.24, 2.45) is 5.73 Å². The second-order valence-corrected chi connectivity index (χ2v) is 5.93. The molecule has 1 aliphatic rings. The summed E-state index contributed by atoms with van der Waals surface area (Å²) in [6.07, 6.45) is 3.03. The number of carbonyl (C=O) groups excluding carboxylic acids is 2. The van der Waals surface area contributed by atoms with Crippen LogP contribution in [0.4, 0.5) is 4.39 Å². The van der Waals surface area contributed by atoms with E-state index in [9.17, 15) is 14.0 Å². The lowest BCUT2D eigenvalue weighted by molar-refractivity contribution is -0.137. The molecule has 0 radical (unpaired) electrons. The van der Waals surface area contributed by atoms with E-state index in [2.05, 4.69) is 5.10 Å². The molecule has 6 nitrogen and oxygen atoms in total. The monoisotopic (exact) mass is 330 g/mol. The molecular formula is C17H19FN4O2. The second-order valence-electron chi connectivity index (χ2n) is 5.93. The molecule has 1 fully saturated rings. The SMILES string of the molecule is NC(=O)[C@@H]1C[C@@H](F)CN1C(=O)CCc1cnn(-c2ccccc2)c1. The number of likely N-dealkylation sites (tertiary alicyclic amines) is 1. The average Bonchev–Trinajstić information content (AvgIpc) is 3.20. The molecule has 2 atom stereocenters. The Labute approximate surface area is 139 Å². The number of benzene rings is 1. The number of primary amides is 1. The molecule has 0 bridgehead atoms. The molecule has 0 unspecified atom stereocenters. The van der Waals surface area contributed by atoms with E-state index in [1.54, 1.807) is 10.9 Å². The van der Waals surface area contributed by atoms with Crippen molar-refractivity contribution < 1.29 is 14.0 Å². The summed E-state index contributed by atoms with van der Waals surface area (Å²) in [5, 5.41) is 4.27. The zero-order valence-electron chi connectivity index (χ0n) is 13.1.